The molecule has 0 amide bonds. The van der Waals surface area contributed by atoms with Gasteiger partial charge in [-0.15, -0.1) is 0 Å². The molecular weight excluding hydrogens is 286 g/mol. The number of hydrogen-bond donors (Lipinski definition) is 1. The molecule has 1 rings (SSSR count). The molecule has 0 aliphatic rings. The van der Waals surface area contributed by atoms with Gasteiger partial charge in [0.1, 0.15) is 6.61 Å². The second-order valence-corrected chi connectivity index (χ2v) is 4.77. The predicted molar refractivity (Wildman–Crippen MR) is 70.7 cm³/mol. The van der Waals surface area contributed by atoms with Crippen molar-refractivity contribution in [1.82, 2.24) is 4.90 Å². The highest BCUT2D eigenvalue weighted by Gasteiger charge is 2.11. The topological polar surface area (TPSA) is 41.9 Å². The molecule has 0 unspecified atom stereocenters. The Balaban J connectivity index is 2.82. The van der Waals surface area contributed by atoms with Gasteiger partial charge < -0.3 is 19.5 Å². The summed E-state index contributed by atoms with van der Waals surface area (Å²) in [5, 5.41) is 9.10. The van der Waals surface area contributed by atoms with Crippen LogP contribution in [-0.4, -0.2) is 44.4 Å². The van der Waals surface area contributed by atoms with Crippen molar-refractivity contribution in [3.05, 3.63) is 22.2 Å². The molecule has 1 N–H and O–H groups in total. The Morgan fingerprint density at radius 1 is 1.35 bits per heavy atom. The number of aliphatic hydroxyl groups excluding tert-OH is 1. The summed E-state index contributed by atoms with van der Waals surface area (Å²) in [4.78, 5) is 2.04. The molecule has 0 saturated carbocycles. The summed E-state index contributed by atoms with van der Waals surface area (Å²) in [6.07, 6.45) is 0. The number of methoxy groups -OCH3 is 1. The van der Waals surface area contributed by atoms with Gasteiger partial charge in [-0.05, 0) is 47.7 Å². The van der Waals surface area contributed by atoms with Crippen molar-refractivity contribution in [3.8, 4) is 11.5 Å². The highest BCUT2D eigenvalue weighted by atomic mass is 79.9. The SMILES string of the molecule is COc1cc(CO)cc(Br)c1OCCN(C)C. The Bertz CT molecular complexity index is 369. The Morgan fingerprint density at radius 2 is 2.06 bits per heavy atom. The van der Waals surface area contributed by atoms with Crippen LogP contribution in [0.3, 0.4) is 0 Å². The zero-order valence-electron chi connectivity index (χ0n) is 10.4. The minimum Gasteiger partial charge on any atom is -0.493 e. The maximum absolute atomic E-state index is 9.10. The van der Waals surface area contributed by atoms with Crippen LogP contribution in [0.5, 0.6) is 11.5 Å². The lowest BCUT2D eigenvalue weighted by Gasteiger charge is -2.15. The summed E-state index contributed by atoms with van der Waals surface area (Å²) in [7, 11) is 5.57. The van der Waals surface area contributed by atoms with Gasteiger partial charge in [-0.1, -0.05) is 0 Å². The Hall–Kier alpha value is -0.780. The van der Waals surface area contributed by atoms with Gasteiger partial charge in [0.2, 0.25) is 0 Å². The molecule has 0 bridgehead atoms. The molecule has 0 atom stereocenters. The predicted octanol–water partition coefficient (Wildman–Crippen LogP) is 1.89. The van der Waals surface area contributed by atoms with Gasteiger partial charge in [-0.25, -0.2) is 0 Å². The van der Waals surface area contributed by atoms with Crippen LogP contribution < -0.4 is 9.47 Å². The van der Waals surface area contributed by atoms with Gasteiger partial charge in [0.05, 0.1) is 18.2 Å². The number of halogens is 1. The molecule has 4 nitrogen and oxygen atoms in total. The molecule has 0 aliphatic heterocycles. The van der Waals surface area contributed by atoms with Gasteiger partial charge in [-0.3, -0.25) is 0 Å². The second kappa shape index (κ2) is 6.83. The molecule has 5 heteroatoms. The van der Waals surface area contributed by atoms with Gasteiger partial charge in [-0.2, -0.15) is 0 Å². The third-order valence-electron chi connectivity index (χ3n) is 2.26. The van der Waals surface area contributed by atoms with Crippen LogP contribution in [0.4, 0.5) is 0 Å². The third-order valence-corrected chi connectivity index (χ3v) is 2.85. The molecule has 0 spiro atoms. The summed E-state index contributed by atoms with van der Waals surface area (Å²) in [6.45, 7) is 1.39. The highest BCUT2D eigenvalue weighted by molar-refractivity contribution is 9.10. The van der Waals surface area contributed by atoms with Crippen LogP contribution in [0, 0.1) is 0 Å². The van der Waals surface area contributed by atoms with Crippen molar-refractivity contribution in [2.75, 3.05) is 34.4 Å². The van der Waals surface area contributed by atoms with Crippen molar-refractivity contribution in [2.24, 2.45) is 0 Å². The molecule has 0 aromatic heterocycles. The monoisotopic (exact) mass is 303 g/mol. The van der Waals surface area contributed by atoms with Crippen molar-refractivity contribution in [1.29, 1.82) is 0 Å². The van der Waals surface area contributed by atoms with Crippen molar-refractivity contribution < 1.29 is 14.6 Å². The van der Waals surface area contributed by atoms with E-state index in [0.717, 1.165) is 16.6 Å². The van der Waals surface area contributed by atoms with E-state index in [1.807, 2.05) is 25.1 Å². The number of rotatable bonds is 6. The first kappa shape index (κ1) is 14.3. The highest BCUT2D eigenvalue weighted by Crippen LogP contribution is 2.36. The van der Waals surface area contributed by atoms with Crippen LogP contribution >= 0.6 is 15.9 Å². The van der Waals surface area contributed by atoms with Gasteiger partial charge in [0, 0.05) is 6.54 Å². The van der Waals surface area contributed by atoms with E-state index >= 15 is 0 Å². The van der Waals surface area contributed by atoms with E-state index in [1.165, 1.54) is 0 Å². The molecule has 0 heterocycles. The smallest absolute Gasteiger partial charge is 0.175 e. The maximum atomic E-state index is 9.10. The maximum Gasteiger partial charge on any atom is 0.175 e. The fourth-order valence-electron chi connectivity index (χ4n) is 1.33. The summed E-state index contributed by atoms with van der Waals surface area (Å²) in [6, 6.07) is 3.60. The molecule has 0 radical (unpaired) electrons. The molecule has 0 aliphatic carbocycles. The van der Waals surface area contributed by atoms with E-state index in [0.29, 0.717) is 18.1 Å². The van der Waals surface area contributed by atoms with Crippen LogP contribution in [0.2, 0.25) is 0 Å². The average Bonchev–Trinajstić information content (AvgIpc) is 2.30. The minimum absolute atomic E-state index is 0.0209. The molecular formula is C12H18BrNO3. The Morgan fingerprint density at radius 3 is 2.59 bits per heavy atom. The van der Waals surface area contributed by atoms with Crippen LogP contribution in [0.1, 0.15) is 5.56 Å². The average molecular weight is 304 g/mol. The Labute approximate surface area is 110 Å². The molecule has 0 saturated heterocycles. The third kappa shape index (κ3) is 4.18. The lowest BCUT2D eigenvalue weighted by atomic mass is 10.2. The first-order chi connectivity index (χ1) is 8.08. The summed E-state index contributed by atoms with van der Waals surface area (Å²) in [5.41, 5.74) is 0.786. The zero-order chi connectivity index (χ0) is 12.8. The van der Waals surface area contributed by atoms with E-state index in [9.17, 15) is 0 Å². The van der Waals surface area contributed by atoms with E-state index in [4.69, 9.17) is 14.6 Å². The number of hydrogen-bond acceptors (Lipinski definition) is 4. The molecule has 0 fully saturated rings. The zero-order valence-corrected chi connectivity index (χ0v) is 12.0. The first-order valence-corrected chi connectivity index (χ1v) is 6.12. The van der Waals surface area contributed by atoms with Gasteiger partial charge >= 0.3 is 0 Å². The van der Waals surface area contributed by atoms with Crippen LogP contribution in [-0.2, 0) is 6.61 Å². The summed E-state index contributed by atoms with van der Waals surface area (Å²) >= 11 is 3.42. The van der Waals surface area contributed by atoms with Crippen LogP contribution in [0.25, 0.3) is 0 Å². The number of ether oxygens (including phenoxy) is 2. The van der Waals surface area contributed by atoms with E-state index in [2.05, 4.69) is 15.9 Å². The lowest BCUT2D eigenvalue weighted by molar-refractivity contribution is 0.248. The van der Waals surface area contributed by atoms with Crippen molar-refractivity contribution in [3.63, 3.8) is 0 Å². The van der Waals surface area contributed by atoms with Gasteiger partial charge in [0.15, 0.2) is 11.5 Å². The summed E-state index contributed by atoms with van der Waals surface area (Å²) < 4.78 is 11.7. The van der Waals surface area contributed by atoms with E-state index in [-0.39, 0.29) is 6.61 Å². The number of likely N-dealkylation sites (N-methyl/N-ethyl adjacent to an activating group) is 1. The number of benzene rings is 1. The molecule has 1 aromatic rings. The fourth-order valence-corrected chi connectivity index (χ4v) is 1.94. The number of aliphatic hydroxyl groups is 1. The Kier molecular flexibility index (Phi) is 5.74. The normalized spacial score (nSPS) is 10.7. The molecule has 1 aromatic carbocycles. The van der Waals surface area contributed by atoms with E-state index in [1.54, 1.807) is 13.2 Å². The van der Waals surface area contributed by atoms with Crippen molar-refractivity contribution >= 4 is 15.9 Å². The molecule has 96 valence electrons. The van der Waals surface area contributed by atoms with Crippen molar-refractivity contribution in [2.45, 2.75) is 6.61 Å². The summed E-state index contributed by atoms with van der Waals surface area (Å²) in [5.74, 6) is 1.30. The second-order valence-electron chi connectivity index (χ2n) is 3.92. The minimum atomic E-state index is -0.0209. The van der Waals surface area contributed by atoms with Crippen LogP contribution in [0.15, 0.2) is 16.6 Å². The fraction of sp³-hybridized carbons (Fsp3) is 0.500. The lowest BCUT2D eigenvalue weighted by Crippen LogP contribution is -2.19. The standard InChI is InChI=1S/C12H18BrNO3/c1-14(2)4-5-17-12-10(13)6-9(8-15)7-11(12)16-3/h6-7,15H,4-5,8H2,1-3H3. The van der Waals surface area contributed by atoms with Gasteiger partial charge in [0.25, 0.3) is 0 Å². The first-order valence-electron chi connectivity index (χ1n) is 5.33. The quantitative estimate of drug-likeness (QED) is 0.871. The number of nitrogens with zero attached hydrogens (tertiary/aromatic N) is 1. The molecule has 17 heavy (non-hydrogen) atoms. The van der Waals surface area contributed by atoms with E-state index < -0.39 is 0 Å². The largest absolute Gasteiger partial charge is 0.493 e.